The van der Waals surface area contributed by atoms with E-state index in [1.807, 2.05) is 11.3 Å². The van der Waals surface area contributed by atoms with Crippen LogP contribution in [0.1, 0.15) is 25.0 Å². The molecule has 0 unspecified atom stereocenters. The van der Waals surface area contributed by atoms with Crippen LogP contribution in [0.3, 0.4) is 0 Å². The largest absolute Gasteiger partial charge is 0.456 e. The normalized spacial score (nSPS) is 13.8. The van der Waals surface area contributed by atoms with Crippen molar-refractivity contribution in [2.75, 3.05) is 0 Å². The molecular formula is C45H29NOS. The van der Waals surface area contributed by atoms with Gasteiger partial charge in [0.25, 0.3) is 0 Å². The van der Waals surface area contributed by atoms with Crippen LogP contribution in [-0.2, 0) is 5.41 Å². The van der Waals surface area contributed by atoms with E-state index in [9.17, 15) is 0 Å². The summed E-state index contributed by atoms with van der Waals surface area (Å²) in [5.41, 5.74) is 13.3. The minimum atomic E-state index is -0.104. The highest BCUT2D eigenvalue weighted by Crippen LogP contribution is 2.53. The van der Waals surface area contributed by atoms with Gasteiger partial charge in [-0.1, -0.05) is 111 Å². The predicted octanol–water partition coefficient (Wildman–Crippen LogP) is 13.0. The number of para-hydroxylation sites is 1. The van der Waals surface area contributed by atoms with Crippen LogP contribution in [-0.4, -0.2) is 4.57 Å². The van der Waals surface area contributed by atoms with Crippen molar-refractivity contribution in [2.24, 2.45) is 0 Å². The summed E-state index contributed by atoms with van der Waals surface area (Å²) in [5.74, 6) is 0. The molecule has 0 aliphatic heterocycles. The molecule has 0 radical (unpaired) electrons. The molecule has 7 aromatic carbocycles. The zero-order valence-electron chi connectivity index (χ0n) is 26.5. The Morgan fingerprint density at radius 2 is 1.27 bits per heavy atom. The molecule has 1 aliphatic rings. The summed E-state index contributed by atoms with van der Waals surface area (Å²) in [6.45, 7) is 4.76. The maximum atomic E-state index is 6.55. The van der Waals surface area contributed by atoms with E-state index in [0.29, 0.717) is 0 Å². The van der Waals surface area contributed by atoms with Gasteiger partial charge >= 0.3 is 0 Å². The predicted molar refractivity (Wildman–Crippen MR) is 204 cm³/mol. The van der Waals surface area contributed by atoms with Crippen molar-refractivity contribution in [2.45, 2.75) is 19.3 Å². The smallest absolute Gasteiger partial charge is 0.136 e. The fraction of sp³-hybridized carbons (Fsp3) is 0.0667. The van der Waals surface area contributed by atoms with Gasteiger partial charge in [-0.25, -0.2) is 0 Å². The molecule has 0 saturated heterocycles. The third kappa shape index (κ3) is 3.31. The van der Waals surface area contributed by atoms with E-state index in [4.69, 9.17) is 4.42 Å². The Balaban J connectivity index is 1.20. The minimum absolute atomic E-state index is 0.104. The lowest BCUT2D eigenvalue weighted by molar-refractivity contribution is 0.666. The van der Waals surface area contributed by atoms with Gasteiger partial charge in [-0.05, 0) is 70.3 Å². The van der Waals surface area contributed by atoms with E-state index in [2.05, 4.69) is 158 Å². The Labute approximate surface area is 281 Å². The van der Waals surface area contributed by atoms with Crippen molar-refractivity contribution < 1.29 is 4.42 Å². The second-order valence-electron chi connectivity index (χ2n) is 13.6. The van der Waals surface area contributed by atoms with E-state index in [1.54, 1.807) is 0 Å². The van der Waals surface area contributed by atoms with Crippen LogP contribution < -0.4 is 0 Å². The van der Waals surface area contributed by atoms with Gasteiger partial charge in [0, 0.05) is 58.4 Å². The van der Waals surface area contributed by atoms with Crippen LogP contribution >= 0.6 is 11.3 Å². The summed E-state index contributed by atoms with van der Waals surface area (Å²) in [5, 5.41) is 7.56. The third-order valence-corrected chi connectivity index (χ3v) is 12.0. The molecule has 0 spiro atoms. The second kappa shape index (κ2) is 9.25. The topological polar surface area (TPSA) is 18.1 Å². The summed E-state index contributed by atoms with van der Waals surface area (Å²) < 4.78 is 11.6. The number of fused-ring (bicyclic) bond motifs is 13. The maximum Gasteiger partial charge on any atom is 0.136 e. The van der Waals surface area contributed by atoms with Crippen molar-refractivity contribution >= 4 is 75.3 Å². The molecule has 226 valence electrons. The van der Waals surface area contributed by atoms with Gasteiger partial charge in [-0.3, -0.25) is 0 Å². The van der Waals surface area contributed by atoms with Gasteiger partial charge in [-0.2, -0.15) is 0 Å². The van der Waals surface area contributed by atoms with Crippen molar-refractivity contribution in [1.82, 2.24) is 4.57 Å². The SMILES string of the molecule is CC1(C)c2ccccc2-c2ccc3c(c21)c1ccccc1n3-c1ccc2oc3cccc(-c4cccc5c4sc4ccccc45)c3c2c1. The van der Waals surface area contributed by atoms with E-state index < -0.39 is 0 Å². The number of aromatic nitrogens is 1. The van der Waals surface area contributed by atoms with Crippen molar-refractivity contribution in [3.05, 3.63) is 151 Å². The lowest BCUT2D eigenvalue weighted by atomic mass is 9.80. The first-order chi connectivity index (χ1) is 23.6. The Bertz CT molecular complexity index is 2990. The summed E-state index contributed by atoms with van der Waals surface area (Å²) in [6.07, 6.45) is 0. The highest BCUT2D eigenvalue weighted by Gasteiger charge is 2.38. The van der Waals surface area contributed by atoms with Crippen LogP contribution in [0.2, 0.25) is 0 Å². The first kappa shape index (κ1) is 26.4. The summed E-state index contributed by atoms with van der Waals surface area (Å²) in [7, 11) is 0. The molecule has 0 bridgehead atoms. The Kier molecular flexibility index (Phi) is 5.09. The van der Waals surface area contributed by atoms with Crippen molar-refractivity contribution in [1.29, 1.82) is 0 Å². The number of benzene rings is 7. The average molecular weight is 632 g/mol. The van der Waals surface area contributed by atoms with Gasteiger partial charge in [0.15, 0.2) is 0 Å². The summed E-state index contributed by atoms with van der Waals surface area (Å²) >= 11 is 1.87. The lowest BCUT2D eigenvalue weighted by Crippen LogP contribution is -2.15. The second-order valence-corrected chi connectivity index (χ2v) is 14.7. The Hall–Kier alpha value is -5.64. The Morgan fingerprint density at radius 1 is 0.521 bits per heavy atom. The number of hydrogen-bond donors (Lipinski definition) is 0. The number of rotatable bonds is 2. The lowest BCUT2D eigenvalue weighted by Gasteiger charge is -2.22. The molecule has 3 heterocycles. The minimum Gasteiger partial charge on any atom is -0.456 e. The maximum absolute atomic E-state index is 6.55. The molecule has 48 heavy (non-hydrogen) atoms. The van der Waals surface area contributed by atoms with Crippen LogP contribution in [0.25, 0.3) is 91.9 Å². The van der Waals surface area contributed by atoms with Crippen LogP contribution in [0.4, 0.5) is 0 Å². The number of nitrogens with zero attached hydrogens (tertiary/aromatic N) is 1. The van der Waals surface area contributed by atoms with Gasteiger partial charge in [-0.15, -0.1) is 11.3 Å². The fourth-order valence-electron chi connectivity index (χ4n) is 8.75. The standard InChI is InChI=1S/C45H29NOS/c1-45(2)35-17-6-3-11-27(35)30-22-23-37-42(43(30)45)33-13-4-7-18-36(33)46(37)26-21-24-38-34(25-26)41-29(14-10-19-39(41)47-38)32-16-9-15-31-28-12-5-8-20-40(28)48-44(31)32/h3-25H,1-2H3. The molecule has 0 atom stereocenters. The van der Waals surface area contributed by atoms with E-state index in [0.717, 1.165) is 27.6 Å². The average Bonchev–Trinajstić information content (AvgIpc) is 3.85. The zero-order chi connectivity index (χ0) is 31.7. The molecule has 10 aromatic rings. The molecule has 0 amide bonds. The molecule has 1 aliphatic carbocycles. The highest BCUT2D eigenvalue weighted by molar-refractivity contribution is 7.26. The molecular weight excluding hydrogens is 603 g/mol. The quantitative estimate of drug-likeness (QED) is 0.186. The Morgan fingerprint density at radius 3 is 2.21 bits per heavy atom. The monoisotopic (exact) mass is 631 g/mol. The number of furan rings is 1. The molecule has 3 heteroatoms. The van der Waals surface area contributed by atoms with Crippen LogP contribution in [0.5, 0.6) is 0 Å². The van der Waals surface area contributed by atoms with Crippen molar-refractivity contribution in [3.63, 3.8) is 0 Å². The fourth-order valence-corrected chi connectivity index (χ4v) is 9.98. The van der Waals surface area contributed by atoms with Gasteiger partial charge in [0.05, 0.1) is 11.0 Å². The zero-order valence-corrected chi connectivity index (χ0v) is 27.4. The summed E-state index contributed by atoms with van der Waals surface area (Å²) in [4.78, 5) is 0. The molecule has 3 aromatic heterocycles. The van der Waals surface area contributed by atoms with Gasteiger partial charge in [0.2, 0.25) is 0 Å². The van der Waals surface area contributed by atoms with Gasteiger partial charge in [0.1, 0.15) is 11.2 Å². The third-order valence-electron chi connectivity index (χ3n) is 10.8. The van der Waals surface area contributed by atoms with Gasteiger partial charge < -0.3 is 8.98 Å². The molecule has 2 nitrogen and oxygen atoms in total. The molecule has 0 N–H and O–H groups in total. The van der Waals surface area contributed by atoms with Crippen LogP contribution in [0.15, 0.2) is 144 Å². The highest BCUT2D eigenvalue weighted by atomic mass is 32.1. The number of thiophene rings is 1. The molecule has 0 fully saturated rings. The van der Waals surface area contributed by atoms with Crippen molar-refractivity contribution in [3.8, 4) is 27.9 Å². The van der Waals surface area contributed by atoms with E-state index >= 15 is 0 Å². The first-order valence-electron chi connectivity index (χ1n) is 16.6. The van der Waals surface area contributed by atoms with Crippen LogP contribution in [0, 0.1) is 0 Å². The van der Waals surface area contributed by atoms with E-state index in [-0.39, 0.29) is 5.41 Å². The van der Waals surface area contributed by atoms with E-state index in [1.165, 1.54) is 75.4 Å². The molecule has 11 rings (SSSR count). The first-order valence-corrected chi connectivity index (χ1v) is 17.4. The summed E-state index contributed by atoms with van der Waals surface area (Å²) in [6, 6.07) is 51.1. The molecule has 0 saturated carbocycles. The number of hydrogen-bond acceptors (Lipinski definition) is 2.